The topological polar surface area (TPSA) is 46.5 Å². The molecule has 0 saturated heterocycles. The summed E-state index contributed by atoms with van der Waals surface area (Å²) in [6.07, 6.45) is 1.25. The molecule has 0 saturated carbocycles. The van der Waals surface area contributed by atoms with Crippen LogP contribution in [0, 0.1) is 0 Å². The molecule has 0 rings (SSSR count). The zero-order chi connectivity index (χ0) is 7.70. The van der Waals surface area contributed by atoms with E-state index in [2.05, 4.69) is 18.6 Å². The molecule has 0 aromatic rings. The van der Waals surface area contributed by atoms with Crippen LogP contribution in [0.15, 0.2) is 0 Å². The molecule has 0 radical (unpaired) electrons. The summed E-state index contributed by atoms with van der Waals surface area (Å²) in [4.78, 5) is 9.71. The maximum Gasteiger partial charge on any atom is 0.331 e. The fraction of sp³-hybridized carbons (Fsp3) is 0.833. The Kier molecular flexibility index (Phi) is 13.0. The van der Waals surface area contributed by atoms with E-state index in [1.807, 2.05) is 0 Å². The van der Waals surface area contributed by atoms with Crippen molar-refractivity contribution < 1.29 is 14.6 Å². The third kappa shape index (κ3) is 18.6. The van der Waals surface area contributed by atoms with Crippen LogP contribution in [0.25, 0.3) is 0 Å². The number of ether oxygens (including phenoxy) is 1. The minimum absolute atomic E-state index is 0.531. The number of rotatable bonds is 1. The molecule has 3 heteroatoms. The Bertz CT molecular complexity index is 55.3. The molecular weight excluding hydrogens is 120 g/mol. The third-order valence-electron chi connectivity index (χ3n) is 0.357. The first kappa shape index (κ1) is 11.3. The summed E-state index contributed by atoms with van der Waals surface area (Å²) >= 11 is 0. The van der Waals surface area contributed by atoms with Gasteiger partial charge in [0.2, 0.25) is 0 Å². The lowest BCUT2D eigenvalue weighted by atomic mass is 10.6. The van der Waals surface area contributed by atoms with Gasteiger partial charge in [0.25, 0.3) is 0 Å². The maximum absolute atomic E-state index is 9.71. The van der Waals surface area contributed by atoms with Crippen molar-refractivity contribution in [3.8, 4) is 0 Å². The lowest BCUT2D eigenvalue weighted by molar-refractivity contribution is -0.143. The van der Waals surface area contributed by atoms with Crippen molar-refractivity contribution in [2.45, 2.75) is 20.3 Å². The summed E-state index contributed by atoms with van der Waals surface area (Å²) in [5.41, 5.74) is 0. The highest BCUT2D eigenvalue weighted by molar-refractivity contribution is 5.70. The van der Waals surface area contributed by atoms with E-state index < -0.39 is 12.6 Å². The number of aliphatic hydroxyl groups excluding tert-OH is 1. The normalized spacial score (nSPS) is 7.11. The molecule has 0 aliphatic heterocycles. The molecule has 0 aliphatic carbocycles. The van der Waals surface area contributed by atoms with Crippen LogP contribution in [0.2, 0.25) is 0 Å². The molecule has 0 aromatic carbocycles. The van der Waals surface area contributed by atoms with E-state index in [9.17, 15) is 4.79 Å². The van der Waals surface area contributed by atoms with Gasteiger partial charge in [-0.3, -0.25) is 0 Å². The largest absolute Gasteiger partial charge is 0.467 e. The van der Waals surface area contributed by atoms with Gasteiger partial charge in [0.1, 0.15) is 6.61 Å². The van der Waals surface area contributed by atoms with Crippen molar-refractivity contribution in [3.63, 3.8) is 0 Å². The summed E-state index contributed by atoms with van der Waals surface area (Å²) in [6, 6.07) is 0. The van der Waals surface area contributed by atoms with Crippen LogP contribution in [0.4, 0.5) is 0 Å². The molecule has 0 fully saturated rings. The molecule has 0 heterocycles. The highest BCUT2D eigenvalue weighted by Crippen LogP contribution is 1.63. The maximum atomic E-state index is 9.71. The number of esters is 1. The van der Waals surface area contributed by atoms with Crippen molar-refractivity contribution in [1.82, 2.24) is 0 Å². The Hall–Kier alpha value is -0.570. The molecule has 3 nitrogen and oxygen atoms in total. The monoisotopic (exact) mass is 134 g/mol. The fourth-order valence-electron chi connectivity index (χ4n) is 0.0645. The van der Waals surface area contributed by atoms with E-state index in [0.717, 1.165) is 0 Å². The fourth-order valence-corrected chi connectivity index (χ4v) is 0.0645. The molecule has 0 aromatic heterocycles. The van der Waals surface area contributed by atoms with Gasteiger partial charge >= 0.3 is 5.97 Å². The lowest BCUT2D eigenvalue weighted by Gasteiger charge is -1.86. The molecule has 0 atom stereocenters. The Labute approximate surface area is 55.6 Å². The standard InChI is InChI=1S/C3H6O3.C3H8/c1-6-3(5)2-4;1-3-2/h4H,2H2,1H3;3H2,1-2H3. The average Bonchev–Trinajstić information content (AvgIpc) is 1.88. The second-order valence-corrected chi connectivity index (χ2v) is 1.44. The van der Waals surface area contributed by atoms with E-state index in [-0.39, 0.29) is 0 Å². The molecule has 1 N–H and O–H groups in total. The summed E-state index contributed by atoms with van der Waals surface area (Å²) in [5.74, 6) is -0.602. The van der Waals surface area contributed by atoms with Crippen LogP contribution in [-0.4, -0.2) is 24.8 Å². The molecule has 0 bridgehead atoms. The number of hydrogen-bond acceptors (Lipinski definition) is 3. The third-order valence-corrected chi connectivity index (χ3v) is 0.357. The Morgan fingerprint density at radius 3 is 1.89 bits per heavy atom. The van der Waals surface area contributed by atoms with Gasteiger partial charge in [0.05, 0.1) is 7.11 Å². The minimum atomic E-state index is -0.602. The number of hydrogen-bond donors (Lipinski definition) is 1. The van der Waals surface area contributed by atoms with Gasteiger partial charge in [-0.15, -0.1) is 0 Å². The van der Waals surface area contributed by atoms with Crippen molar-refractivity contribution in [3.05, 3.63) is 0 Å². The molecule has 56 valence electrons. The molecule has 0 amide bonds. The Morgan fingerprint density at radius 1 is 1.56 bits per heavy atom. The predicted molar refractivity (Wildman–Crippen MR) is 35.1 cm³/mol. The van der Waals surface area contributed by atoms with Crippen LogP contribution >= 0.6 is 0 Å². The van der Waals surface area contributed by atoms with Gasteiger partial charge in [-0.1, -0.05) is 20.3 Å². The van der Waals surface area contributed by atoms with Gasteiger partial charge < -0.3 is 9.84 Å². The van der Waals surface area contributed by atoms with Gasteiger partial charge in [-0.25, -0.2) is 4.79 Å². The number of methoxy groups -OCH3 is 1. The summed E-state index contributed by atoms with van der Waals surface area (Å²) in [6.45, 7) is 3.72. The summed E-state index contributed by atoms with van der Waals surface area (Å²) in [7, 11) is 1.22. The summed E-state index contributed by atoms with van der Waals surface area (Å²) in [5, 5.41) is 7.86. The second kappa shape index (κ2) is 10.4. The lowest BCUT2D eigenvalue weighted by Crippen LogP contribution is -2.04. The van der Waals surface area contributed by atoms with Crippen LogP contribution < -0.4 is 0 Å². The first-order valence-corrected chi connectivity index (χ1v) is 2.90. The van der Waals surface area contributed by atoms with Gasteiger partial charge in [0.15, 0.2) is 0 Å². The number of aliphatic hydroxyl groups is 1. The molecular formula is C6H14O3. The van der Waals surface area contributed by atoms with Crippen LogP contribution in [0.1, 0.15) is 20.3 Å². The molecule has 0 spiro atoms. The van der Waals surface area contributed by atoms with E-state index >= 15 is 0 Å². The number of carbonyl (C=O) groups is 1. The smallest absolute Gasteiger partial charge is 0.331 e. The first-order chi connectivity index (χ1) is 4.22. The first-order valence-electron chi connectivity index (χ1n) is 2.90. The highest BCUT2D eigenvalue weighted by Gasteiger charge is 1.89. The second-order valence-electron chi connectivity index (χ2n) is 1.44. The molecule has 9 heavy (non-hydrogen) atoms. The van der Waals surface area contributed by atoms with Crippen molar-refractivity contribution in [2.24, 2.45) is 0 Å². The van der Waals surface area contributed by atoms with Crippen LogP contribution in [0.3, 0.4) is 0 Å². The van der Waals surface area contributed by atoms with Gasteiger partial charge in [0, 0.05) is 0 Å². The van der Waals surface area contributed by atoms with Crippen molar-refractivity contribution in [1.29, 1.82) is 0 Å². The van der Waals surface area contributed by atoms with E-state index in [0.29, 0.717) is 0 Å². The predicted octanol–water partition coefficient (Wildman–Crippen LogP) is 0.568. The van der Waals surface area contributed by atoms with E-state index in [4.69, 9.17) is 5.11 Å². The van der Waals surface area contributed by atoms with E-state index in [1.165, 1.54) is 13.5 Å². The van der Waals surface area contributed by atoms with Crippen molar-refractivity contribution in [2.75, 3.05) is 13.7 Å². The number of carbonyl (C=O) groups excluding carboxylic acids is 1. The van der Waals surface area contributed by atoms with Gasteiger partial charge in [-0.05, 0) is 0 Å². The molecule has 0 unspecified atom stereocenters. The van der Waals surface area contributed by atoms with E-state index in [1.54, 1.807) is 0 Å². The van der Waals surface area contributed by atoms with Crippen LogP contribution in [0.5, 0.6) is 0 Å². The van der Waals surface area contributed by atoms with Crippen molar-refractivity contribution >= 4 is 5.97 Å². The SMILES string of the molecule is CCC.COC(=O)CO. The van der Waals surface area contributed by atoms with Gasteiger partial charge in [-0.2, -0.15) is 0 Å². The van der Waals surface area contributed by atoms with Crippen LogP contribution in [-0.2, 0) is 9.53 Å². The average molecular weight is 134 g/mol. The summed E-state index contributed by atoms with van der Waals surface area (Å²) < 4.78 is 4.01. The zero-order valence-electron chi connectivity index (χ0n) is 6.18. The quantitative estimate of drug-likeness (QED) is 0.533. The molecule has 0 aliphatic rings. The Morgan fingerprint density at radius 2 is 1.89 bits per heavy atom. The minimum Gasteiger partial charge on any atom is -0.467 e. The zero-order valence-corrected chi connectivity index (χ0v) is 6.18. The Balaban J connectivity index is 0. The highest BCUT2D eigenvalue weighted by atomic mass is 16.5.